The van der Waals surface area contributed by atoms with E-state index < -0.39 is 4.92 Å². The molecule has 0 saturated carbocycles. The lowest BCUT2D eigenvalue weighted by Gasteiger charge is -2.17. The number of nitro benzene ring substituents is 1. The Labute approximate surface area is 157 Å². The van der Waals surface area contributed by atoms with Gasteiger partial charge in [0.2, 0.25) is 0 Å². The molecule has 0 amide bonds. The van der Waals surface area contributed by atoms with Gasteiger partial charge in [-0.1, -0.05) is 12.1 Å². The van der Waals surface area contributed by atoms with E-state index in [9.17, 15) is 15.2 Å². The molecule has 1 atom stereocenters. The molecule has 0 aliphatic heterocycles. The van der Waals surface area contributed by atoms with Gasteiger partial charge < -0.3 is 10.4 Å². The molecule has 0 bridgehead atoms. The largest absolute Gasteiger partial charge is 0.392 e. The summed E-state index contributed by atoms with van der Waals surface area (Å²) in [5.74, 6) is 0. The van der Waals surface area contributed by atoms with Crippen molar-refractivity contribution in [3.63, 3.8) is 0 Å². The second kappa shape index (κ2) is 7.59. The molecular formula is C20H22N4O3. The van der Waals surface area contributed by atoms with Crippen molar-refractivity contribution < 1.29 is 10.0 Å². The van der Waals surface area contributed by atoms with Crippen LogP contribution in [0.5, 0.6) is 0 Å². The van der Waals surface area contributed by atoms with Crippen LogP contribution >= 0.6 is 0 Å². The summed E-state index contributed by atoms with van der Waals surface area (Å²) in [4.78, 5) is 10.8. The summed E-state index contributed by atoms with van der Waals surface area (Å²) < 4.78 is 1.88. The third-order valence-corrected chi connectivity index (χ3v) is 4.46. The van der Waals surface area contributed by atoms with Crippen molar-refractivity contribution in [1.29, 1.82) is 0 Å². The molecule has 140 valence electrons. The van der Waals surface area contributed by atoms with Gasteiger partial charge in [0.05, 0.1) is 22.9 Å². The Morgan fingerprint density at radius 3 is 2.44 bits per heavy atom. The van der Waals surface area contributed by atoms with E-state index in [0.717, 1.165) is 22.6 Å². The number of aryl methyl sites for hydroxylation is 2. The number of aliphatic hydroxyl groups excluding tert-OH is 1. The van der Waals surface area contributed by atoms with Gasteiger partial charge in [-0.05, 0) is 62.2 Å². The topological polar surface area (TPSA) is 93.2 Å². The summed E-state index contributed by atoms with van der Waals surface area (Å²) in [5.41, 5.74) is 4.97. The third-order valence-electron chi connectivity index (χ3n) is 4.46. The second-order valence-electron chi connectivity index (χ2n) is 6.56. The Hall–Kier alpha value is -3.19. The Morgan fingerprint density at radius 2 is 1.89 bits per heavy atom. The maximum Gasteiger partial charge on any atom is 0.292 e. The number of rotatable bonds is 6. The van der Waals surface area contributed by atoms with Crippen molar-refractivity contribution in [2.75, 3.05) is 5.32 Å². The minimum absolute atomic E-state index is 0.0155. The molecule has 0 aliphatic rings. The number of anilines is 1. The Bertz CT molecular complexity index is 964. The average Bonchev–Trinajstić information content (AvgIpc) is 2.99. The second-order valence-corrected chi connectivity index (χ2v) is 6.56. The van der Waals surface area contributed by atoms with Crippen molar-refractivity contribution in [3.8, 4) is 5.69 Å². The van der Waals surface area contributed by atoms with Gasteiger partial charge in [-0.3, -0.25) is 10.1 Å². The van der Waals surface area contributed by atoms with E-state index in [2.05, 4.69) is 10.4 Å². The number of aliphatic hydroxyl groups is 1. The van der Waals surface area contributed by atoms with Crippen LogP contribution in [0.15, 0.2) is 48.5 Å². The SMILES string of the molecule is Cc1cc(C)n(-c2ccc(C(C)Nc3cc(CO)ccc3[N+](=O)[O-])cc2)n1. The van der Waals surface area contributed by atoms with Crippen molar-refractivity contribution in [3.05, 3.63) is 81.2 Å². The molecule has 1 unspecified atom stereocenters. The zero-order valence-electron chi connectivity index (χ0n) is 15.5. The molecule has 27 heavy (non-hydrogen) atoms. The average molecular weight is 366 g/mol. The number of nitrogens with zero attached hydrogens (tertiary/aromatic N) is 3. The number of nitro groups is 1. The number of aromatic nitrogens is 2. The van der Waals surface area contributed by atoms with Gasteiger partial charge in [0, 0.05) is 17.8 Å². The first-order chi connectivity index (χ1) is 12.9. The van der Waals surface area contributed by atoms with Crippen LogP contribution < -0.4 is 5.32 Å². The van der Waals surface area contributed by atoms with E-state index in [1.165, 1.54) is 6.07 Å². The fourth-order valence-corrected chi connectivity index (χ4v) is 3.07. The van der Waals surface area contributed by atoms with E-state index in [1.807, 2.05) is 55.8 Å². The fourth-order valence-electron chi connectivity index (χ4n) is 3.07. The zero-order valence-corrected chi connectivity index (χ0v) is 15.5. The first-order valence-electron chi connectivity index (χ1n) is 8.67. The smallest absolute Gasteiger partial charge is 0.292 e. The molecule has 0 radical (unpaired) electrons. The molecule has 7 nitrogen and oxygen atoms in total. The van der Waals surface area contributed by atoms with Crippen LogP contribution in [-0.2, 0) is 6.61 Å². The first kappa shape index (κ1) is 18.6. The van der Waals surface area contributed by atoms with Crippen molar-refractivity contribution in [2.45, 2.75) is 33.4 Å². The van der Waals surface area contributed by atoms with Crippen molar-refractivity contribution in [1.82, 2.24) is 9.78 Å². The lowest BCUT2D eigenvalue weighted by atomic mass is 10.1. The van der Waals surface area contributed by atoms with Crippen LogP contribution in [0.1, 0.15) is 35.5 Å². The van der Waals surface area contributed by atoms with Crippen molar-refractivity contribution in [2.24, 2.45) is 0 Å². The number of hydrogen-bond donors (Lipinski definition) is 2. The van der Waals surface area contributed by atoms with Gasteiger partial charge in [0.25, 0.3) is 5.69 Å². The van der Waals surface area contributed by atoms with E-state index in [4.69, 9.17) is 0 Å². The summed E-state index contributed by atoms with van der Waals surface area (Å²) in [6.45, 7) is 5.73. The van der Waals surface area contributed by atoms with Crippen LogP contribution in [-0.4, -0.2) is 19.8 Å². The van der Waals surface area contributed by atoms with Gasteiger partial charge in [-0.25, -0.2) is 4.68 Å². The molecule has 2 aromatic carbocycles. The number of benzene rings is 2. The summed E-state index contributed by atoms with van der Waals surface area (Å²) in [5, 5.41) is 28.2. The highest BCUT2D eigenvalue weighted by Crippen LogP contribution is 2.29. The predicted molar refractivity (Wildman–Crippen MR) is 104 cm³/mol. The Morgan fingerprint density at radius 1 is 1.19 bits per heavy atom. The van der Waals surface area contributed by atoms with E-state index in [-0.39, 0.29) is 18.3 Å². The van der Waals surface area contributed by atoms with Gasteiger partial charge in [0.15, 0.2) is 0 Å². The van der Waals surface area contributed by atoms with E-state index in [0.29, 0.717) is 11.3 Å². The molecule has 3 aromatic rings. The zero-order chi connectivity index (χ0) is 19.6. The first-order valence-corrected chi connectivity index (χ1v) is 8.67. The van der Waals surface area contributed by atoms with Crippen LogP contribution in [0, 0.1) is 24.0 Å². The molecule has 2 N–H and O–H groups in total. The third kappa shape index (κ3) is 3.98. The summed E-state index contributed by atoms with van der Waals surface area (Å²) in [6, 6.07) is 14.4. The molecule has 3 rings (SSSR count). The van der Waals surface area contributed by atoms with Crippen molar-refractivity contribution >= 4 is 11.4 Å². The van der Waals surface area contributed by atoms with E-state index in [1.54, 1.807) is 12.1 Å². The molecule has 7 heteroatoms. The predicted octanol–water partition coefficient (Wildman–Crippen LogP) is 4.06. The summed E-state index contributed by atoms with van der Waals surface area (Å²) >= 11 is 0. The van der Waals surface area contributed by atoms with E-state index >= 15 is 0 Å². The minimum atomic E-state index is -0.428. The maximum absolute atomic E-state index is 11.3. The highest BCUT2D eigenvalue weighted by atomic mass is 16.6. The molecule has 1 heterocycles. The fraction of sp³-hybridized carbons (Fsp3) is 0.250. The van der Waals surface area contributed by atoms with Gasteiger partial charge >= 0.3 is 0 Å². The molecular weight excluding hydrogens is 344 g/mol. The van der Waals surface area contributed by atoms with Crippen LogP contribution in [0.2, 0.25) is 0 Å². The Kier molecular flexibility index (Phi) is 5.23. The highest BCUT2D eigenvalue weighted by Gasteiger charge is 2.17. The summed E-state index contributed by atoms with van der Waals surface area (Å²) in [7, 11) is 0. The normalized spacial score (nSPS) is 12.0. The maximum atomic E-state index is 11.3. The number of nitrogens with one attached hydrogen (secondary N) is 1. The highest BCUT2D eigenvalue weighted by molar-refractivity contribution is 5.63. The molecule has 0 fully saturated rings. The number of hydrogen-bond acceptors (Lipinski definition) is 5. The monoisotopic (exact) mass is 366 g/mol. The van der Waals surface area contributed by atoms with Crippen LogP contribution in [0.3, 0.4) is 0 Å². The molecule has 1 aromatic heterocycles. The molecule has 0 aliphatic carbocycles. The summed E-state index contributed by atoms with van der Waals surface area (Å²) in [6.07, 6.45) is 0. The van der Waals surface area contributed by atoms with Gasteiger partial charge in [-0.15, -0.1) is 0 Å². The minimum Gasteiger partial charge on any atom is -0.392 e. The van der Waals surface area contributed by atoms with Crippen LogP contribution in [0.25, 0.3) is 5.69 Å². The van der Waals surface area contributed by atoms with Crippen LogP contribution in [0.4, 0.5) is 11.4 Å². The molecule has 0 saturated heterocycles. The lowest BCUT2D eigenvalue weighted by molar-refractivity contribution is -0.384. The lowest BCUT2D eigenvalue weighted by Crippen LogP contribution is -2.09. The van der Waals surface area contributed by atoms with Gasteiger partial charge in [-0.2, -0.15) is 5.10 Å². The standard InChI is InChI=1S/C20H22N4O3/c1-13-10-14(2)23(22-13)18-7-5-17(6-8-18)15(3)21-19-11-16(12-25)4-9-20(19)24(26)27/h4-11,15,21,25H,12H2,1-3H3. The Balaban J connectivity index is 1.83. The van der Waals surface area contributed by atoms with Gasteiger partial charge in [0.1, 0.15) is 5.69 Å². The quantitative estimate of drug-likeness (QED) is 0.507. The molecule has 0 spiro atoms.